The molecule has 0 spiro atoms. The summed E-state index contributed by atoms with van der Waals surface area (Å²) in [4.78, 5) is 12.3. The van der Waals surface area contributed by atoms with E-state index >= 15 is 0 Å². The van der Waals surface area contributed by atoms with E-state index in [1.807, 2.05) is 19.1 Å². The molecular weight excluding hydrogens is 417 g/mol. The molecular formula is C19H15BrFN3OS. The van der Waals surface area contributed by atoms with Crippen LogP contribution in [0.5, 0.6) is 0 Å². The third-order valence-electron chi connectivity index (χ3n) is 4.23. The molecule has 0 unspecified atom stereocenters. The summed E-state index contributed by atoms with van der Waals surface area (Å²) in [5.74, 6) is 0.621. The molecule has 1 aromatic heterocycles. The molecule has 7 heteroatoms. The van der Waals surface area contributed by atoms with E-state index in [1.165, 1.54) is 12.1 Å². The van der Waals surface area contributed by atoms with E-state index < -0.39 is 0 Å². The second-order valence-corrected chi connectivity index (χ2v) is 8.04. The van der Waals surface area contributed by atoms with E-state index in [-0.39, 0.29) is 17.0 Å². The van der Waals surface area contributed by atoms with Gasteiger partial charge in [0.1, 0.15) is 11.6 Å². The summed E-state index contributed by atoms with van der Waals surface area (Å²) in [7, 11) is 0. The summed E-state index contributed by atoms with van der Waals surface area (Å²) in [6, 6.07) is 14.2. The van der Waals surface area contributed by atoms with Crippen molar-refractivity contribution in [2.45, 2.75) is 12.2 Å². The number of nitrogens with one attached hydrogen (secondary N) is 1. The van der Waals surface area contributed by atoms with Crippen LogP contribution < -0.4 is 5.32 Å². The first-order valence-corrected chi connectivity index (χ1v) is 9.89. The second kappa shape index (κ2) is 6.89. The molecule has 132 valence electrons. The number of carbonyl (C=O) groups is 1. The molecule has 2 aromatic carbocycles. The molecule has 2 heterocycles. The number of carbonyl (C=O) groups excluding carboxylic acids is 1. The summed E-state index contributed by atoms with van der Waals surface area (Å²) < 4.78 is 16.0. The zero-order chi connectivity index (χ0) is 18.3. The Bertz CT molecular complexity index is 987. The van der Waals surface area contributed by atoms with Crippen molar-refractivity contribution in [1.29, 1.82) is 0 Å². The van der Waals surface area contributed by atoms with Gasteiger partial charge in [-0.25, -0.2) is 9.07 Å². The number of benzene rings is 2. The Labute approximate surface area is 162 Å². The van der Waals surface area contributed by atoms with Crippen molar-refractivity contribution in [2.24, 2.45) is 0 Å². The molecule has 0 radical (unpaired) electrons. The van der Waals surface area contributed by atoms with E-state index in [2.05, 4.69) is 38.5 Å². The largest absolute Gasteiger partial charge is 0.310 e. The van der Waals surface area contributed by atoms with Gasteiger partial charge in [0.25, 0.3) is 0 Å². The number of nitrogens with zero attached hydrogens (tertiary/aromatic N) is 2. The van der Waals surface area contributed by atoms with Crippen LogP contribution in [-0.2, 0) is 4.79 Å². The minimum atomic E-state index is -0.310. The molecule has 4 nitrogen and oxygen atoms in total. The Morgan fingerprint density at radius 3 is 2.77 bits per heavy atom. The van der Waals surface area contributed by atoms with Gasteiger partial charge in [-0.3, -0.25) is 4.79 Å². The van der Waals surface area contributed by atoms with Gasteiger partial charge in [-0.2, -0.15) is 5.10 Å². The van der Waals surface area contributed by atoms with Crippen molar-refractivity contribution in [2.75, 3.05) is 11.1 Å². The highest BCUT2D eigenvalue weighted by atomic mass is 79.9. The van der Waals surface area contributed by atoms with Crippen LogP contribution in [0, 0.1) is 12.7 Å². The molecule has 0 bridgehead atoms. The fourth-order valence-electron chi connectivity index (χ4n) is 3.09. The first-order chi connectivity index (χ1) is 12.5. The van der Waals surface area contributed by atoms with Gasteiger partial charge in [0.15, 0.2) is 0 Å². The van der Waals surface area contributed by atoms with E-state index in [1.54, 1.807) is 28.6 Å². The van der Waals surface area contributed by atoms with Crippen LogP contribution in [0.1, 0.15) is 22.1 Å². The van der Waals surface area contributed by atoms with Crippen LogP contribution >= 0.6 is 27.7 Å². The maximum absolute atomic E-state index is 13.3. The van der Waals surface area contributed by atoms with Crippen LogP contribution in [0.4, 0.5) is 10.2 Å². The smallest absolute Gasteiger partial charge is 0.235 e. The molecule has 1 atom stereocenters. The van der Waals surface area contributed by atoms with Crippen LogP contribution in [0.15, 0.2) is 53.0 Å². The van der Waals surface area contributed by atoms with Crippen LogP contribution in [0.25, 0.3) is 5.69 Å². The minimum absolute atomic E-state index is 0.0179. The van der Waals surface area contributed by atoms with Crippen molar-refractivity contribution in [1.82, 2.24) is 9.78 Å². The highest BCUT2D eigenvalue weighted by molar-refractivity contribution is 9.10. The standard InChI is InChI=1S/C19H15BrFN3OS/c1-11-17-18(12-3-2-4-13(20)9-12)26-10-16(25)22-19(17)24(23-11)15-7-5-14(21)6-8-15/h2-9,18H,10H2,1H3,(H,22,25)/t18-/m0/s1. The summed E-state index contributed by atoms with van der Waals surface area (Å²) >= 11 is 5.09. The van der Waals surface area contributed by atoms with Crippen molar-refractivity contribution in [3.05, 3.63) is 75.6 Å². The number of aromatic nitrogens is 2. The highest BCUT2D eigenvalue weighted by Gasteiger charge is 2.30. The lowest BCUT2D eigenvalue weighted by Crippen LogP contribution is -2.15. The number of hydrogen-bond acceptors (Lipinski definition) is 3. The van der Waals surface area contributed by atoms with Gasteiger partial charge in [0.2, 0.25) is 5.91 Å². The predicted molar refractivity (Wildman–Crippen MR) is 105 cm³/mol. The maximum atomic E-state index is 13.3. The Morgan fingerprint density at radius 1 is 1.27 bits per heavy atom. The SMILES string of the molecule is Cc1nn(-c2ccc(F)cc2)c2c1[C@H](c1cccc(Br)c1)SCC(=O)N2. The van der Waals surface area contributed by atoms with Gasteiger partial charge < -0.3 is 5.32 Å². The first-order valence-electron chi connectivity index (χ1n) is 8.05. The van der Waals surface area contributed by atoms with E-state index in [0.29, 0.717) is 17.3 Å². The molecule has 1 N–H and O–H groups in total. The van der Waals surface area contributed by atoms with E-state index in [4.69, 9.17) is 0 Å². The summed E-state index contributed by atoms with van der Waals surface area (Å²) in [6.45, 7) is 1.93. The normalized spacial score (nSPS) is 16.7. The van der Waals surface area contributed by atoms with Crippen molar-refractivity contribution < 1.29 is 9.18 Å². The average molecular weight is 432 g/mol. The minimum Gasteiger partial charge on any atom is -0.310 e. The fraction of sp³-hybridized carbons (Fsp3) is 0.158. The summed E-state index contributed by atoms with van der Waals surface area (Å²) in [5.41, 5.74) is 3.62. The molecule has 26 heavy (non-hydrogen) atoms. The zero-order valence-corrected chi connectivity index (χ0v) is 16.3. The molecule has 0 saturated heterocycles. The number of anilines is 1. The summed E-state index contributed by atoms with van der Waals surface area (Å²) in [5, 5.41) is 7.58. The first kappa shape index (κ1) is 17.3. The lowest BCUT2D eigenvalue weighted by atomic mass is 10.0. The number of rotatable bonds is 2. The van der Waals surface area contributed by atoms with Crippen LogP contribution in [0.2, 0.25) is 0 Å². The van der Waals surface area contributed by atoms with Crippen LogP contribution in [-0.4, -0.2) is 21.4 Å². The average Bonchev–Trinajstić information content (AvgIpc) is 2.82. The quantitative estimate of drug-likeness (QED) is 0.630. The number of fused-ring (bicyclic) bond motifs is 1. The third-order valence-corrected chi connectivity index (χ3v) is 5.99. The number of halogens is 2. The third kappa shape index (κ3) is 3.17. The number of hydrogen-bond donors (Lipinski definition) is 1. The monoisotopic (exact) mass is 431 g/mol. The van der Waals surface area contributed by atoms with Gasteiger partial charge in [-0.1, -0.05) is 28.1 Å². The Balaban J connectivity index is 1.89. The predicted octanol–water partition coefficient (Wildman–Crippen LogP) is 4.86. The second-order valence-electron chi connectivity index (χ2n) is 6.03. The van der Waals surface area contributed by atoms with Crippen molar-refractivity contribution in [3.63, 3.8) is 0 Å². The zero-order valence-electron chi connectivity index (χ0n) is 13.9. The van der Waals surface area contributed by atoms with Gasteiger partial charge in [-0.05, 0) is 48.9 Å². The van der Waals surface area contributed by atoms with Gasteiger partial charge in [-0.15, -0.1) is 11.8 Å². The molecule has 1 amide bonds. The molecule has 3 aromatic rings. The molecule has 0 fully saturated rings. The molecule has 1 aliphatic heterocycles. The molecule has 4 rings (SSSR count). The molecule has 1 aliphatic rings. The van der Waals surface area contributed by atoms with Crippen molar-refractivity contribution in [3.8, 4) is 5.69 Å². The number of aryl methyl sites for hydroxylation is 1. The Hall–Kier alpha value is -2.12. The Morgan fingerprint density at radius 2 is 2.04 bits per heavy atom. The highest BCUT2D eigenvalue weighted by Crippen LogP contribution is 2.44. The molecule has 0 saturated carbocycles. The lowest BCUT2D eigenvalue weighted by molar-refractivity contribution is -0.113. The molecule has 0 aliphatic carbocycles. The van der Waals surface area contributed by atoms with Gasteiger partial charge in [0.05, 0.1) is 22.4 Å². The van der Waals surface area contributed by atoms with E-state index in [0.717, 1.165) is 21.3 Å². The topological polar surface area (TPSA) is 46.9 Å². The lowest BCUT2D eigenvalue weighted by Gasteiger charge is -2.15. The fourth-order valence-corrected chi connectivity index (χ4v) is 4.68. The van der Waals surface area contributed by atoms with Gasteiger partial charge in [0, 0.05) is 10.0 Å². The summed E-state index contributed by atoms with van der Waals surface area (Å²) in [6.07, 6.45) is 0. The number of thioether (sulfide) groups is 1. The van der Waals surface area contributed by atoms with Gasteiger partial charge >= 0.3 is 0 Å². The van der Waals surface area contributed by atoms with Crippen molar-refractivity contribution >= 4 is 39.4 Å². The maximum Gasteiger partial charge on any atom is 0.235 e. The van der Waals surface area contributed by atoms with E-state index in [9.17, 15) is 9.18 Å². The number of amides is 1. The Kier molecular flexibility index (Phi) is 4.58. The van der Waals surface area contributed by atoms with Crippen LogP contribution in [0.3, 0.4) is 0 Å².